The Kier molecular flexibility index (Phi) is 4.78. The van der Waals surface area contributed by atoms with Gasteiger partial charge in [-0.25, -0.2) is 4.68 Å². The average molecular weight is 345 g/mol. The molecular weight excluding hydrogens is 328 g/mol. The second kappa shape index (κ2) is 6.98. The predicted octanol–water partition coefficient (Wildman–Crippen LogP) is 2.74. The number of fused-ring (bicyclic) bond motifs is 1. The van der Waals surface area contributed by atoms with Crippen molar-refractivity contribution in [2.45, 2.75) is 6.10 Å². The molecule has 24 heavy (non-hydrogen) atoms. The highest BCUT2D eigenvalue weighted by Crippen LogP contribution is 2.24. The molecule has 3 aromatic rings. The molecule has 0 aliphatic heterocycles. The minimum Gasteiger partial charge on any atom is -0.375 e. The maximum atomic E-state index is 12.4. The van der Waals surface area contributed by atoms with Crippen LogP contribution in [0.2, 0.25) is 5.02 Å². The molecule has 0 radical (unpaired) electrons. The smallest absolute Gasteiger partial charge is 0.251 e. The van der Waals surface area contributed by atoms with Crippen LogP contribution in [0.5, 0.6) is 0 Å². The summed E-state index contributed by atoms with van der Waals surface area (Å²) >= 11 is 6.19. The highest BCUT2D eigenvalue weighted by Gasteiger charge is 2.16. The number of carbonyl (C=O) groups excluding carboxylic acids is 1. The van der Waals surface area contributed by atoms with Gasteiger partial charge in [0.05, 0.1) is 5.52 Å². The van der Waals surface area contributed by atoms with Crippen molar-refractivity contribution in [2.24, 2.45) is 7.05 Å². The van der Waals surface area contributed by atoms with Gasteiger partial charge in [0.1, 0.15) is 11.6 Å². The van der Waals surface area contributed by atoms with Crippen LogP contribution in [0, 0.1) is 0 Å². The number of benzene rings is 2. The Labute approximate surface area is 144 Å². The Morgan fingerprint density at radius 1 is 1.33 bits per heavy atom. The molecule has 1 atom stereocenters. The van der Waals surface area contributed by atoms with E-state index in [0.717, 1.165) is 16.6 Å². The molecule has 0 aliphatic carbocycles. The van der Waals surface area contributed by atoms with Gasteiger partial charge in [-0.3, -0.25) is 4.79 Å². The fourth-order valence-electron chi connectivity index (χ4n) is 2.52. The summed E-state index contributed by atoms with van der Waals surface area (Å²) in [6.07, 6.45) is -0.315. The van der Waals surface area contributed by atoms with Gasteiger partial charge in [0.2, 0.25) is 0 Å². The fraction of sp³-hybridized carbons (Fsp3) is 0.235. The predicted molar refractivity (Wildman–Crippen MR) is 92.0 cm³/mol. The summed E-state index contributed by atoms with van der Waals surface area (Å²) in [5.74, 6) is -0.188. The van der Waals surface area contributed by atoms with Crippen LogP contribution in [0.25, 0.3) is 11.0 Å². The lowest BCUT2D eigenvalue weighted by Gasteiger charge is -2.17. The fourth-order valence-corrected chi connectivity index (χ4v) is 2.77. The quantitative estimate of drug-likeness (QED) is 0.772. The zero-order valence-corrected chi connectivity index (χ0v) is 14.1. The van der Waals surface area contributed by atoms with Crippen molar-refractivity contribution in [2.75, 3.05) is 13.7 Å². The number of rotatable bonds is 5. The number of carbonyl (C=O) groups is 1. The van der Waals surface area contributed by atoms with Crippen molar-refractivity contribution < 1.29 is 9.53 Å². The minimum absolute atomic E-state index is 0.188. The van der Waals surface area contributed by atoms with E-state index in [0.29, 0.717) is 17.1 Å². The first kappa shape index (κ1) is 16.4. The number of halogens is 1. The van der Waals surface area contributed by atoms with Crippen LogP contribution in [-0.4, -0.2) is 34.6 Å². The van der Waals surface area contributed by atoms with Gasteiger partial charge in [-0.05, 0) is 24.3 Å². The molecule has 1 heterocycles. The number of aryl methyl sites for hydroxylation is 1. The zero-order valence-electron chi connectivity index (χ0n) is 13.4. The third kappa shape index (κ3) is 3.25. The Hall–Kier alpha value is -2.44. The first-order valence-electron chi connectivity index (χ1n) is 7.45. The largest absolute Gasteiger partial charge is 0.375 e. The lowest BCUT2D eigenvalue weighted by Crippen LogP contribution is -2.29. The van der Waals surface area contributed by atoms with E-state index in [1.165, 1.54) is 0 Å². The molecule has 0 fully saturated rings. The highest BCUT2D eigenvalue weighted by molar-refractivity contribution is 6.31. The maximum absolute atomic E-state index is 12.4. The molecule has 2 aromatic carbocycles. The first-order chi connectivity index (χ1) is 11.6. The number of nitrogens with zero attached hydrogens (tertiary/aromatic N) is 3. The van der Waals surface area contributed by atoms with Crippen LogP contribution in [0.15, 0.2) is 42.5 Å². The van der Waals surface area contributed by atoms with Gasteiger partial charge in [-0.2, -0.15) is 0 Å². The third-order valence-electron chi connectivity index (χ3n) is 3.86. The topological polar surface area (TPSA) is 69.0 Å². The van der Waals surface area contributed by atoms with E-state index in [1.54, 1.807) is 43.1 Å². The van der Waals surface area contributed by atoms with Crippen LogP contribution in [-0.2, 0) is 11.8 Å². The number of aromatic nitrogens is 3. The standard InChI is InChI=1S/C17H17ClN4O2/c1-22-15-9-11(7-8-14(15)20-21-22)17(23)19-10-16(24-2)12-5-3-4-6-13(12)18/h3-9,16H,10H2,1-2H3,(H,19,23). The second-order valence-electron chi connectivity index (χ2n) is 5.37. The SMILES string of the molecule is COC(CNC(=O)c1ccc2nnn(C)c2c1)c1ccccc1Cl. The van der Waals surface area contributed by atoms with Crippen molar-refractivity contribution in [3.63, 3.8) is 0 Å². The van der Waals surface area contributed by atoms with Crippen LogP contribution in [0.3, 0.4) is 0 Å². The summed E-state index contributed by atoms with van der Waals surface area (Å²) in [6, 6.07) is 12.7. The normalized spacial score (nSPS) is 12.3. The zero-order chi connectivity index (χ0) is 17.1. The molecule has 0 spiro atoms. The molecule has 1 N–H and O–H groups in total. The van der Waals surface area contributed by atoms with E-state index < -0.39 is 0 Å². The van der Waals surface area contributed by atoms with Gasteiger partial charge in [-0.1, -0.05) is 35.0 Å². The molecule has 0 aliphatic rings. The van der Waals surface area contributed by atoms with E-state index in [4.69, 9.17) is 16.3 Å². The molecule has 1 amide bonds. The summed E-state index contributed by atoms with van der Waals surface area (Å²) in [7, 11) is 3.38. The number of hydrogen-bond acceptors (Lipinski definition) is 4. The summed E-state index contributed by atoms with van der Waals surface area (Å²) in [5, 5.41) is 11.4. The van der Waals surface area contributed by atoms with Crippen molar-refractivity contribution in [1.82, 2.24) is 20.3 Å². The van der Waals surface area contributed by atoms with E-state index >= 15 is 0 Å². The number of hydrogen-bond donors (Lipinski definition) is 1. The molecule has 0 saturated heterocycles. The van der Waals surface area contributed by atoms with Gasteiger partial charge in [-0.15, -0.1) is 5.10 Å². The summed E-state index contributed by atoms with van der Waals surface area (Å²) < 4.78 is 7.09. The number of methoxy groups -OCH3 is 1. The Balaban J connectivity index is 1.73. The Morgan fingerprint density at radius 3 is 2.88 bits per heavy atom. The lowest BCUT2D eigenvalue weighted by atomic mass is 10.1. The molecule has 0 saturated carbocycles. The Morgan fingerprint density at radius 2 is 2.12 bits per heavy atom. The minimum atomic E-state index is -0.315. The third-order valence-corrected chi connectivity index (χ3v) is 4.20. The molecule has 1 aromatic heterocycles. The van der Waals surface area contributed by atoms with Crippen molar-refractivity contribution in [3.8, 4) is 0 Å². The van der Waals surface area contributed by atoms with Gasteiger partial charge in [0.15, 0.2) is 0 Å². The van der Waals surface area contributed by atoms with Crippen molar-refractivity contribution >= 4 is 28.5 Å². The molecule has 124 valence electrons. The van der Waals surface area contributed by atoms with Crippen LogP contribution >= 0.6 is 11.6 Å². The van der Waals surface area contributed by atoms with E-state index in [1.807, 2.05) is 18.2 Å². The number of ether oxygens (including phenoxy) is 1. The van der Waals surface area contributed by atoms with Crippen molar-refractivity contribution in [3.05, 3.63) is 58.6 Å². The van der Waals surface area contributed by atoms with E-state index in [-0.39, 0.29) is 12.0 Å². The molecule has 0 bridgehead atoms. The highest BCUT2D eigenvalue weighted by atomic mass is 35.5. The van der Waals surface area contributed by atoms with E-state index in [2.05, 4.69) is 15.6 Å². The van der Waals surface area contributed by atoms with Crippen LogP contribution in [0.1, 0.15) is 22.0 Å². The molecule has 7 heteroatoms. The molecular formula is C17H17ClN4O2. The number of amides is 1. The van der Waals surface area contributed by atoms with Gasteiger partial charge in [0, 0.05) is 36.9 Å². The lowest BCUT2D eigenvalue weighted by molar-refractivity contribution is 0.0828. The van der Waals surface area contributed by atoms with Gasteiger partial charge in [0.25, 0.3) is 5.91 Å². The van der Waals surface area contributed by atoms with Crippen LogP contribution in [0.4, 0.5) is 0 Å². The van der Waals surface area contributed by atoms with Gasteiger partial charge < -0.3 is 10.1 Å². The summed E-state index contributed by atoms with van der Waals surface area (Å²) in [6.45, 7) is 0.320. The molecule has 3 rings (SSSR count). The van der Waals surface area contributed by atoms with Gasteiger partial charge >= 0.3 is 0 Å². The summed E-state index contributed by atoms with van der Waals surface area (Å²) in [4.78, 5) is 12.4. The average Bonchev–Trinajstić information content (AvgIpc) is 2.97. The second-order valence-corrected chi connectivity index (χ2v) is 5.78. The van der Waals surface area contributed by atoms with Crippen molar-refractivity contribution in [1.29, 1.82) is 0 Å². The Bertz CT molecular complexity index is 878. The maximum Gasteiger partial charge on any atom is 0.251 e. The van der Waals surface area contributed by atoms with Crippen LogP contribution < -0.4 is 5.32 Å². The summed E-state index contributed by atoms with van der Waals surface area (Å²) in [5.41, 5.74) is 2.94. The number of nitrogens with one attached hydrogen (secondary N) is 1. The first-order valence-corrected chi connectivity index (χ1v) is 7.83. The van der Waals surface area contributed by atoms with E-state index in [9.17, 15) is 4.79 Å². The monoisotopic (exact) mass is 344 g/mol. The molecule has 6 nitrogen and oxygen atoms in total. The molecule has 1 unspecified atom stereocenters.